The van der Waals surface area contributed by atoms with Crippen molar-refractivity contribution in [2.24, 2.45) is 11.8 Å². The predicted octanol–water partition coefficient (Wildman–Crippen LogP) is 3.60. The molecule has 0 radical (unpaired) electrons. The molecule has 0 spiro atoms. The Hall–Kier alpha value is 0.100. The van der Waals surface area contributed by atoms with Gasteiger partial charge in [-0.15, -0.1) is 0 Å². The van der Waals surface area contributed by atoms with Crippen molar-refractivity contribution in [2.75, 3.05) is 0 Å². The summed E-state index contributed by atoms with van der Waals surface area (Å²) in [6, 6.07) is 0.325. The van der Waals surface area contributed by atoms with Crippen LogP contribution in [-0.4, -0.2) is 0 Å². The molecule has 0 amide bonds. The molecule has 1 heterocycles. The van der Waals surface area contributed by atoms with Crippen molar-refractivity contribution in [1.29, 1.82) is 0 Å². The third-order valence-corrected chi connectivity index (χ3v) is 5.03. The summed E-state index contributed by atoms with van der Waals surface area (Å²) in [6.07, 6.45) is 6.70. The second-order valence-corrected chi connectivity index (χ2v) is 5.82. The van der Waals surface area contributed by atoms with Crippen LogP contribution in [0.25, 0.3) is 0 Å². The van der Waals surface area contributed by atoms with E-state index < -0.39 is 0 Å². The molecule has 0 aliphatic heterocycles. The highest BCUT2D eigenvalue weighted by Crippen LogP contribution is 2.37. The van der Waals surface area contributed by atoms with Gasteiger partial charge in [0, 0.05) is 9.85 Å². The Bertz CT molecular complexity index is 307. The summed E-state index contributed by atoms with van der Waals surface area (Å²) in [7, 11) is 0. The molecule has 4 heteroatoms. The van der Waals surface area contributed by atoms with Crippen LogP contribution >= 0.6 is 27.3 Å². The van der Waals surface area contributed by atoms with Crippen LogP contribution < -0.4 is 11.3 Å². The lowest BCUT2D eigenvalue weighted by Crippen LogP contribution is -2.34. The van der Waals surface area contributed by atoms with Crippen LogP contribution in [0.4, 0.5) is 0 Å². The lowest BCUT2D eigenvalue weighted by molar-refractivity contribution is 0.273. The van der Waals surface area contributed by atoms with E-state index in [1.54, 1.807) is 11.3 Å². The van der Waals surface area contributed by atoms with Gasteiger partial charge in [0.1, 0.15) is 0 Å². The van der Waals surface area contributed by atoms with Gasteiger partial charge < -0.3 is 0 Å². The normalized spacial score (nSPS) is 20.4. The highest BCUT2D eigenvalue weighted by molar-refractivity contribution is 9.10. The fraction of sp³-hybridized carbons (Fsp3) is 0.636. The van der Waals surface area contributed by atoms with E-state index in [4.69, 9.17) is 5.84 Å². The van der Waals surface area contributed by atoms with Gasteiger partial charge in [-0.05, 0) is 45.6 Å². The topological polar surface area (TPSA) is 38.0 Å². The van der Waals surface area contributed by atoms with Gasteiger partial charge in [-0.2, -0.15) is 11.3 Å². The summed E-state index contributed by atoms with van der Waals surface area (Å²) in [4.78, 5) is 0. The van der Waals surface area contributed by atoms with Crippen molar-refractivity contribution in [3.05, 3.63) is 20.8 Å². The quantitative estimate of drug-likeness (QED) is 0.659. The Morgan fingerprint density at radius 2 is 2.07 bits per heavy atom. The standard InChI is InChI=1S/C11H17BrN2S/c12-10-7-15-6-9(10)11(14-13)8-4-2-1-3-5-8/h6-8,11,14H,1-5,13H2. The van der Waals surface area contributed by atoms with E-state index in [0.29, 0.717) is 12.0 Å². The molecule has 1 saturated carbocycles. The molecule has 0 saturated heterocycles. The SMILES string of the molecule is NNC(c1cscc1Br)C1CCCCC1. The average molecular weight is 289 g/mol. The summed E-state index contributed by atoms with van der Waals surface area (Å²) in [5, 5.41) is 4.33. The van der Waals surface area contributed by atoms with Gasteiger partial charge in [0.25, 0.3) is 0 Å². The first-order valence-electron chi connectivity index (χ1n) is 5.50. The molecule has 84 valence electrons. The number of rotatable bonds is 3. The average Bonchev–Trinajstić information content (AvgIpc) is 2.68. The number of hydrazine groups is 1. The van der Waals surface area contributed by atoms with Crippen molar-refractivity contribution >= 4 is 27.3 Å². The summed E-state index contributed by atoms with van der Waals surface area (Å²) in [6.45, 7) is 0. The first kappa shape index (κ1) is 11.6. The van der Waals surface area contributed by atoms with Gasteiger partial charge >= 0.3 is 0 Å². The van der Waals surface area contributed by atoms with Gasteiger partial charge in [-0.1, -0.05) is 19.3 Å². The van der Waals surface area contributed by atoms with E-state index >= 15 is 0 Å². The van der Waals surface area contributed by atoms with E-state index in [0.717, 1.165) is 0 Å². The maximum absolute atomic E-state index is 5.70. The van der Waals surface area contributed by atoms with Crippen molar-refractivity contribution in [1.82, 2.24) is 5.43 Å². The summed E-state index contributed by atoms with van der Waals surface area (Å²) in [5.74, 6) is 6.40. The van der Waals surface area contributed by atoms with Gasteiger partial charge in [-0.3, -0.25) is 11.3 Å². The second kappa shape index (κ2) is 5.43. The van der Waals surface area contributed by atoms with Crippen LogP contribution in [-0.2, 0) is 0 Å². The van der Waals surface area contributed by atoms with E-state index in [2.05, 4.69) is 32.1 Å². The lowest BCUT2D eigenvalue weighted by atomic mass is 9.82. The van der Waals surface area contributed by atoms with Crippen molar-refractivity contribution < 1.29 is 0 Å². The number of thiophene rings is 1. The highest BCUT2D eigenvalue weighted by Gasteiger charge is 2.25. The fourth-order valence-electron chi connectivity index (χ4n) is 2.46. The van der Waals surface area contributed by atoms with Crippen LogP contribution in [0.15, 0.2) is 15.2 Å². The minimum atomic E-state index is 0.325. The van der Waals surface area contributed by atoms with E-state index in [-0.39, 0.29) is 0 Å². The van der Waals surface area contributed by atoms with E-state index in [1.165, 1.54) is 42.1 Å². The zero-order valence-electron chi connectivity index (χ0n) is 8.71. The minimum absolute atomic E-state index is 0.325. The zero-order chi connectivity index (χ0) is 10.7. The molecule has 1 aromatic rings. The van der Waals surface area contributed by atoms with Gasteiger partial charge in [0.15, 0.2) is 0 Å². The second-order valence-electron chi connectivity index (χ2n) is 4.22. The molecule has 2 rings (SSSR count). The molecule has 1 unspecified atom stereocenters. The first-order chi connectivity index (χ1) is 7.33. The van der Waals surface area contributed by atoms with Crippen molar-refractivity contribution in [3.8, 4) is 0 Å². The van der Waals surface area contributed by atoms with Gasteiger partial charge in [-0.25, -0.2) is 0 Å². The molecule has 15 heavy (non-hydrogen) atoms. The summed E-state index contributed by atoms with van der Waals surface area (Å²) < 4.78 is 1.20. The largest absolute Gasteiger partial charge is 0.271 e. The van der Waals surface area contributed by atoms with Gasteiger partial charge in [0.05, 0.1) is 6.04 Å². The number of hydrogen-bond acceptors (Lipinski definition) is 3. The number of halogens is 1. The maximum atomic E-state index is 5.70. The van der Waals surface area contributed by atoms with Crippen LogP contribution in [0, 0.1) is 5.92 Å². The van der Waals surface area contributed by atoms with E-state index in [9.17, 15) is 0 Å². The molecule has 2 nitrogen and oxygen atoms in total. The van der Waals surface area contributed by atoms with Crippen molar-refractivity contribution in [3.63, 3.8) is 0 Å². The molecular formula is C11H17BrN2S. The Morgan fingerprint density at radius 3 is 2.60 bits per heavy atom. The van der Waals surface area contributed by atoms with Crippen LogP contribution in [0.5, 0.6) is 0 Å². The summed E-state index contributed by atoms with van der Waals surface area (Å²) >= 11 is 5.32. The Morgan fingerprint density at radius 1 is 1.33 bits per heavy atom. The molecule has 1 aliphatic rings. The monoisotopic (exact) mass is 288 g/mol. The zero-order valence-corrected chi connectivity index (χ0v) is 11.1. The number of hydrogen-bond donors (Lipinski definition) is 2. The highest BCUT2D eigenvalue weighted by atomic mass is 79.9. The molecular weight excluding hydrogens is 272 g/mol. The van der Waals surface area contributed by atoms with Crippen molar-refractivity contribution in [2.45, 2.75) is 38.1 Å². The smallest absolute Gasteiger partial charge is 0.0507 e. The number of nitrogens with one attached hydrogen (secondary N) is 1. The minimum Gasteiger partial charge on any atom is -0.271 e. The molecule has 1 fully saturated rings. The first-order valence-corrected chi connectivity index (χ1v) is 7.24. The molecule has 0 aromatic carbocycles. The molecule has 1 aliphatic carbocycles. The maximum Gasteiger partial charge on any atom is 0.0507 e. The predicted molar refractivity (Wildman–Crippen MR) is 68.7 cm³/mol. The third-order valence-electron chi connectivity index (χ3n) is 3.28. The summed E-state index contributed by atoms with van der Waals surface area (Å²) in [5.41, 5.74) is 4.32. The van der Waals surface area contributed by atoms with Crippen LogP contribution in [0.3, 0.4) is 0 Å². The lowest BCUT2D eigenvalue weighted by Gasteiger charge is -2.29. The molecule has 0 bridgehead atoms. The Labute approximate surface area is 103 Å². The molecule has 1 aromatic heterocycles. The van der Waals surface area contributed by atoms with E-state index in [1.807, 2.05) is 0 Å². The fourth-order valence-corrected chi connectivity index (χ4v) is 4.04. The van der Waals surface area contributed by atoms with Gasteiger partial charge in [0.2, 0.25) is 0 Å². The van der Waals surface area contributed by atoms with Crippen LogP contribution in [0.1, 0.15) is 43.7 Å². The Balaban J connectivity index is 2.12. The molecule has 3 N–H and O–H groups in total. The number of nitrogens with two attached hydrogens (primary N) is 1. The molecule has 1 atom stereocenters. The third kappa shape index (κ3) is 2.61. The Kier molecular flexibility index (Phi) is 4.20. The van der Waals surface area contributed by atoms with Crippen LogP contribution in [0.2, 0.25) is 0 Å².